The third-order valence-corrected chi connectivity index (χ3v) is 3.73. The average Bonchev–Trinajstić information content (AvgIpc) is 2.98. The topological polar surface area (TPSA) is 101 Å². The number of carbonyl (C=O) groups is 1. The number of aryl methyl sites for hydroxylation is 1. The molecule has 0 radical (unpaired) electrons. The van der Waals surface area contributed by atoms with Gasteiger partial charge in [0.2, 0.25) is 5.95 Å². The molecule has 0 fully saturated rings. The van der Waals surface area contributed by atoms with Gasteiger partial charge in [0.25, 0.3) is 11.3 Å². The molecule has 0 saturated heterocycles. The number of esters is 1. The number of methoxy groups -OCH3 is 1. The van der Waals surface area contributed by atoms with Crippen molar-refractivity contribution in [3.8, 4) is 0 Å². The van der Waals surface area contributed by atoms with E-state index in [9.17, 15) is 18.4 Å². The molecule has 0 aliphatic heterocycles. The Morgan fingerprint density at radius 3 is 2.62 bits per heavy atom. The molecule has 1 aromatic carbocycles. The Hall–Kier alpha value is -3.30. The lowest BCUT2D eigenvalue weighted by Gasteiger charge is -2.03. The summed E-state index contributed by atoms with van der Waals surface area (Å²) < 4.78 is 32.1. The quantitative estimate of drug-likeness (QED) is 0.663. The molecule has 3 aromatic rings. The van der Waals surface area contributed by atoms with Crippen molar-refractivity contribution < 1.29 is 18.3 Å². The molecule has 0 spiro atoms. The first-order valence-corrected chi connectivity index (χ1v) is 7.61. The highest BCUT2D eigenvalue weighted by atomic mass is 19.1. The second-order valence-corrected chi connectivity index (χ2v) is 5.57. The number of anilines is 1. The van der Waals surface area contributed by atoms with E-state index in [1.54, 1.807) is 6.92 Å². The molecule has 8 nitrogen and oxygen atoms in total. The summed E-state index contributed by atoms with van der Waals surface area (Å²) in [6.07, 6.45) is -0.207. The Balaban J connectivity index is 1.88. The van der Waals surface area contributed by atoms with Crippen molar-refractivity contribution >= 4 is 17.7 Å². The number of benzene rings is 1. The van der Waals surface area contributed by atoms with Crippen LogP contribution in [0.3, 0.4) is 0 Å². The fraction of sp³-hybridized carbons (Fsp3) is 0.250. The van der Waals surface area contributed by atoms with Crippen molar-refractivity contribution in [2.24, 2.45) is 0 Å². The number of H-pyrrole nitrogens is 1. The molecule has 26 heavy (non-hydrogen) atoms. The Bertz CT molecular complexity index is 1020. The first-order valence-electron chi connectivity index (χ1n) is 7.61. The zero-order valence-corrected chi connectivity index (χ0v) is 14.0. The monoisotopic (exact) mass is 363 g/mol. The molecule has 0 bridgehead atoms. The molecule has 3 rings (SSSR count). The lowest BCUT2D eigenvalue weighted by atomic mass is 10.2. The SMILES string of the molecule is COC(=O)Cc1c(C)nc2nc(NCc3cc(F)cc(F)c3)[nH]n2c1=O. The summed E-state index contributed by atoms with van der Waals surface area (Å²) in [4.78, 5) is 32.2. The lowest BCUT2D eigenvalue weighted by Crippen LogP contribution is -2.24. The van der Waals surface area contributed by atoms with Crippen LogP contribution in [0, 0.1) is 18.6 Å². The minimum absolute atomic E-state index is 0.0806. The molecular formula is C16H15F2N5O3. The van der Waals surface area contributed by atoms with Gasteiger partial charge in [-0.3, -0.25) is 14.7 Å². The van der Waals surface area contributed by atoms with Crippen molar-refractivity contribution in [2.75, 3.05) is 12.4 Å². The third kappa shape index (κ3) is 3.53. The van der Waals surface area contributed by atoms with Crippen LogP contribution in [0.2, 0.25) is 0 Å². The average molecular weight is 363 g/mol. The minimum Gasteiger partial charge on any atom is -0.469 e. The van der Waals surface area contributed by atoms with Gasteiger partial charge in [-0.05, 0) is 24.6 Å². The number of aromatic nitrogens is 4. The van der Waals surface area contributed by atoms with Gasteiger partial charge in [-0.2, -0.15) is 9.50 Å². The molecular weight excluding hydrogens is 348 g/mol. The highest BCUT2D eigenvalue weighted by Crippen LogP contribution is 2.11. The summed E-state index contributed by atoms with van der Waals surface area (Å²) in [7, 11) is 1.23. The molecule has 0 atom stereocenters. The summed E-state index contributed by atoms with van der Waals surface area (Å²) in [5.74, 6) is -1.64. The maximum absolute atomic E-state index is 13.2. The van der Waals surface area contributed by atoms with E-state index in [1.165, 1.54) is 19.2 Å². The summed E-state index contributed by atoms with van der Waals surface area (Å²) in [5.41, 5.74) is 0.448. The largest absolute Gasteiger partial charge is 0.469 e. The second-order valence-electron chi connectivity index (χ2n) is 5.57. The number of carbonyl (C=O) groups excluding carboxylic acids is 1. The van der Waals surface area contributed by atoms with Crippen LogP contribution in [-0.2, 0) is 22.5 Å². The minimum atomic E-state index is -0.688. The number of hydrogen-bond acceptors (Lipinski definition) is 6. The van der Waals surface area contributed by atoms with Gasteiger partial charge in [0.15, 0.2) is 0 Å². The van der Waals surface area contributed by atoms with Gasteiger partial charge in [-0.25, -0.2) is 13.8 Å². The van der Waals surface area contributed by atoms with Crippen molar-refractivity contribution in [1.82, 2.24) is 19.6 Å². The summed E-state index contributed by atoms with van der Waals surface area (Å²) in [6, 6.07) is 3.14. The van der Waals surface area contributed by atoms with Crippen LogP contribution in [0.25, 0.3) is 5.78 Å². The molecule has 0 amide bonds. The fourth-order valence-corrected chi connectivity index (χ4v) is 2.45. The molecule has 0 unspecified atom stereocenters. The summed E-state index contributed by atoms with van der Waals surface area (Å²) in [5, 5.41) is 5.53. The first kappa shape index (κ1) is 17.5. The molecule has 2 heterocycles. The normalized spacial score (nSPS) is 10.9. The van der Waals surface area contributed by atoms with Gasteiger partial charge in [0, 0.05) is 12.6 Å². The van der Waals surface area contributed by atoms with Crippen LogP contribution < -0.4 is 10.9 Å². The summed E-state index contributed by atoms with van der Waals surface area (Å²) >= 11 is 0. The number of ether oxygens (including phenoxy) is 1. The van der Waals surface area contributed by atoms with Gasteiger partial charge in [-0.15, -0.1) is 0 Å². The van der Waals surface area contributed by atoms with Crippen molar-refractivity contribution in [3.63, 3.8) is 0 Å². The number of hydrogen-bond donors (Lipinski definition) is 2. The van der Waals surface area contributed by atoms with Crippen molar-refractivity contribution in [1.29, 1.82) is 0 Å². The number of rotatable bonds is 5. The zero-order chi connectivity index (χ0) is 18.8. The van der Waals surface area contributed by atoms with E-state index in [0.717, 1.165) is 10.6 Å². The molecule has 0 saturated carbocycles. The van der Waals surface area contributed by atoms with Crippen LogP contribution in [0.5, 0.6) is 0 Å². The lowest BCUT2D eigenvalue weighted by molar-refractivity contribution is -0.139. The Kier molecular flexibility index (Phi) is 4.65. The highest BCUT2D eigenvalue weighted by Gasteiger charge is 2.16. The highest BCUT2D eigenvalue weighted by molar-refractivity contribution is 5.72. The second kappa shape index (κ2) is 6.90. The van der Waals surface area contributed by atoms with Gasteiger partial charge >= 0.3 is 5.97 Å². The van der Waals surface area contributed by atoms with Gasteiger partial charge < -0.3 is 10.1 Å². The molecule has 0 aliphatic rings. The first-order chi connectivity index (χ1) is 12.4. The van der Waals surface area contributed by atoms with Crippen molar-refractivity contribution in [3.05, 3.63) is 57.0 Å². The number of halogens is 2. The molecule has 10 heteroatoms. The number of aromatic amines is 1. The predicted octanol–water partition coefficient (Wildman–Crippen LogP) is 1.33. The fourth-order valence-electron chi connectivity index (χ4n) is 2.45. The Labute approximate surface area is 145 Å². The van der Waals surface area contributed by atoms with Crippen LogP contribution in [0.1, 0.15) is 16.8 Å². The van der Waals surface area contributed by atoms with Gasteiger partial charge in [0.05, 0.1) is 24.8 Å². The standard InChI is InChI=1S/C16H15F2N5O3/c1-8-12(6-13(24)26-2)14(25)23-16(20-8)21-15(22-23)19-7-9-3-10(17)5-11(18)4-9/h3-5H,6-7H2,1-2H3,(H2,19,20,21,22). The van der Waals surface area contributed by atoms with E-state index >= 15 is 0 Å². The van der Waals surface area contributed by atoms with Crippen LogP contribution >= 0.6 is 0 Å². The van der Waals surface area contributed by atoms with E-state index < -0.39 is 23.2 Å². The summed E-state index contributed by atoms with van der Waals surface area (Å²) in [6.45, 7) is 1.67. The van der Waals surface area contributed by atoms with Crippen LogP contribution in [0.15, 0.2) is 23.0 Å². The molecule has 2 aromatic heterocycles. The Morgan fingerprint density at radius 2 is 1.96 bits per heavy atom. The van der Waals surface area contributed by atoms with E-state index in [4.69, 9.17) is 0 Å². The van der Waals surface area contributed by atoms with E-state index in [-0.39, 0.29) is 30.3 Å². The van der Waals surface area contributed by atoms with E-state index in [2.05, 4.69) is 25.1 Å². The smallest absolute Gasteiger partial charge is 0.310 e. The van der Waals surface area contributed by atoms with Crippen molar-refractivity contribution in [2.45, 2.75) is 19.9 Å². The number of nitrogens with one attached hydrogen (secondary N) is 2. The third-order valence-electron chi connectivity index (χ3n) is 3.73. The number of nitrogens with zero attached hydrogens (tertiary/aromatic N) is 3. The molecule has 2 N–H and O–H groups in total. The maximum atomic E-state index is 13.2. The van der Waals surface area contributed by atoms with Crippen LogP contribution in [0.4, 0.5) is 14.7 Å². The maximum Gasteiger partial charge on any atom is 0.310 e. The predicted molar refractivity (Wildman–Crippen MR) is 87.7 cm³/mol. The Morgan fingerprint density at radius 1 is 1.27 bits per heavy atom. The zero-order valence-electron chi connectivity index (χ0n) is 14.0. The van der Waals surface area contributed by atoms with Crippen LogP contribution in [-0.4, -0.2) is 32.7 Å². The van der Waals surface area contributed by atoms with E-state index in [0.29, 0.717) is 11.3 Å². The van der Waals surface area contributed by atoms with Gasteiger partial charge in [0.1, 0.15) is 11.6 Å². The van der Waals surface area contributed by atoms with Gasteiger partial charge in [-0.1, -0.05) is 0 Å². The molecule has 136 valence electrons. The van der Waals surface area contributed by atoms with E-state index in [1.807, 2.05) is 0 Å². The molecule has 0 aliphatic carbocycles. The number of fused-ring (bicyclic) bond motifs is 1.